The Bertz CT molecular complexity index is 925. The fourth-order valence-corrected chi connectivity index (χ4v) is 2.38. The van der Waals surface area contributed by atoms with Gasteiger partial charge in [-0.25, -0.2) is 9.97 Å². The largest absolute Gasteiger partial charge is 0.472 e. The van der Waals surface area contributed by atoms with E-state index < -0.39 is 17.6 Å². The lowest BCUT2D eigenvalue weighted by Gasteiger charge is -2.14. The average molecular weight is 377 g/mol. The third-order valence-electron chi connectivity index (χ3n) is 3.53. The molecule has 0 unspecified atom stereocenters. The molecule has 0 saturated heterocycles. The van der Waals surface area contributed by atoms with Crippen LogP contribution in [0.5, 0.6) is 5.88 Å². The van der Waals surface area contributed by atoms with E-state index >= 15 is 0 Å². The molecule has 3 rings (SSSR count). The molecule has 2 heterocycles. The molecule has 3 aromatic rings. The maximum absolute atomic E-state index is 13.1. The van der Waals surface area contributed by atoms with E-state index in [9.17, 15) is 13.2 Å². The molecule has 0 aliphatic heterocycles. The minimum atomic E-state index is -4.57. The van der Waals surface area contributed by atoms with E-state index in [2.05, 4.69) is 15.1 Å². The van der Waals surface area contributed by atoms with Gasteiger partial charge in [-0.15, -0.1) is 0 Å². The van der Waals surface area contributed by atoms with E-state index in [1.165, 1.54) is 31.8 Å². The normalized spacial score (nSPS) is 12.1. The maximum Gasteiger partial charge on any atom is 0.421 e. The summed E-state index contributed by atoms with van der Waals surface area (Å²) in [5.41, 5.74) is 0.455. The van der Waals surface area contributed by atoms with Crippen molar-refractivity contribution >= 4 is 5.71 Å². The fourth-order valence-electron chi connectivity index (χ4n) is 2.38. The van der Waals surface area contributed by atoms with Gasteiger partial charge < -0.3 is 14.0 Å². The number of rotatable bonds is 6. The van der Waals surface area contributed by atoms with Crippen LogP contribution < -0.4 is 4.74 Å². The third kappa shape index (κ3) is 4.25. The van der Waals surface area contributed by atoms with Gasteiger partial charge in [0.05, 0.1) is 6.20 Å². The van der Waals surface area contributed by atoms with Crippen LogP contribution in [-0.4, -0.2) is 22.8 Å². The predicted octanol–water partition coefficient (Wildman–Crippen LogP) is 4.07. The fraction of sp³-hybridized carbons (Fsp3) is 0.167. The van der Waals surface area contributed by atoms with Crippen LogP contribution in [-0.2, 0) is 17.6 Å². The van der Waals surface area contributed by atoms with Crippen molar-refractivity contribution in [2.45, 2.75) is 12.8 Å². The van der Waals surface area contributed by atoms with Gasteiger partial charge in [0.25, 0.3) is 0 Å². The lowest BCUT2D eigenvalue weighted by atomic mass is 10.0. The Hall–Kier alpha value is -3.36. The van der Waals surface area contributed by atoms with Gasteiger partial charge >= 0.3 is 6.18 Å². The molecule has 1 aromatic carbocycles. The molecule has 140 valence electrons. The molecular weight excluding hydrogens is 363 g/mol. The monoisotopic (exact) mass is 377 g/mol. The van der Waals surface area contributed by atoms with Crippen molar-refractivity contribution in [2.75, 3.05) is 7.11 Å². The minimum absolute atomic E-state index is 0.167. The first-order valence-corrected chi connectivity index (χ1v) is 7.75. The number of oxazole rings is 1. The molecule has 0 N–H and O–H groups in total. The Balaban J connectivity index is 1.91. The number of oxime groups is 1. The smallest absolute Gasteiger partial charge is 0.421 e. The summed E-state index contributed by atoms with van der Waals surface area (Å²) in [6.07, 6.45) is -0.503. The Kier molecular flexibility index (Phi) is 5.39. The molecule has 27 heavy (non-hydrogen) atoms. The predicted molar refractivity (Wildman–Crippen MR) is 89.2 cm³/mol. The molecule has 9 heteroatoms. The first kappa shape index (κ1) is 18.4. The van der Waals surface area contributed by atoms with Crippen molar-refractivity contribution in [2.24, 2.45) is 5.16 Å². The highest BCUT2D eigenvalue weighted by molar-refractivity contribution is 6.10. The van der Waals surface area contributed by atoms with Gasteiger partial charge in [0.2, 0.25) is 11.8 Å². The zero-order valence-electron chi connectivity index (χ0n) is 14.1. The first-order valence-electron chi connectivity index (χ1n) is 7.75. The number of benzene rings is 1. The number of hydrogen-bond donors (Lipinski definition) is 0. The van der Waals surface area contributed by atoms with Crippen molar-refractivity contribution in [3.8, 4) is 5.88 Å². The van der Waals surface area contributed by atoms with Gasteiger partial charge in [0.1, 0.15) is 25.5 Å². The average Bonchev–Trinajstić information content (AvgIpc) is 3.19. The van der Waals surface area contributed by atoms with E-state index in [1.54, 1.807) is 24.3 Å². The Morgan fingerprint density at radius 3 is 2.63 bits per heavy atom. The van der Waals surface area contributed by atoms with Crippen molar-refractivity contribution in [1.82, 2.24) is 9.97 Å². The molecule has 0 radical (unpaired) electrons. The summed E-state index contributed by atoms with van der Waals surface area (Å²) in [6.45, 7) is -0.167. The van der Waals surface area contributed by atoms with Gasteiger partial charge in [-0.05, 0) is 17.7 Å². The molecular formula is C18H14F3N3O3. The van der Waals surface area contributed by atoms with Crippen LogP contribution >= 0.6 is 0 Å². The molecule has 0 aliphatic carbocycles. The summed E-state index contributed by atoms with van der Waals surface area (Å²) in [7, 11) is 1.37. The van der Waals surface area contributed by atoms with Crippen LogP contribution in [0.3, 0.4) is 0 Å². The Morgan fingerprint density at radius 2 is 1.93 bits per heavy atom. The summed E-state index contributed by atoms with van der Waals surface area (Å²) < 4.78 is 49.9. The summed E-state index contributed by atoms with van der Waals surface area (Å²) in [5, 5.41) is 3.92. The summed E-state index contributed by atoms with van der Waals surface area (Å²) in [4.78, 5) is 12.6. The molecule has 0 aliphatic rings. The van der Waals surface area contributed by atoms with Crippen molar-refractivity contribution in [3.63, 3.8) is 0 Å². The van der Waals surface area contributed by atoms with Gasteiger partial charge in [-0.3, -0.25) is 0 Å². The van der Waals surface area contributed by atoms with E-state index in [-0.39, 0.29) is 12.5 Å². The molecule has 6 nitrogen and oxygen atoms in total. The van der Waals surface area contributed by atoms with Crippen LogP contribution in [0.1, 0.15) is 22.6 Å². The molecule has 0 saturated carbocycles. The van der Waals surface area contributed by atoms with Gasteiger partial charge in [0.15, 0.2) is 5.71 Å². The van der Waals surface area contributed by atoms with Crippen LogP contribution in [0.15, 0.2) is 64.6 Å². The Labute approximate surface area is 152 Å². The van der Waals surface area contributed by atoms with Gasteiger partial charge in [-0.1, -0.05) is 29.4 Å². The number of halogens is 3. The van der Waals surface area contributed by atoms with Crippen LogP contribution in [0, 0.1) is 0 Å². The van der Waals surface area contributed by atoms with E-state index in [0.717, 1.165) is 6.07 Å². The second kappa shape index (κ2) is 7.90. The van der Waals surface area contributed by atoms with E-state index in [1.807, 2.05) is 0 Å². The molecule has 2 aromatic heterocycles. The van der Waals surface area contributed by atoms with Crippen molar-refractivity contribution in [3.05, 3.63) is 77.6 Å². The SMILES string of the molecule is CO/N=C(/c1ncco1)c1ccccc1COc1ncccc1C(F)(F)F. The molecule has 0 fully saturated rings. The second-order valence-corrected chi connectivity index (χ2v) is 5.26. The number of alkyl halides is 3. The van der Waals surface area contributed by atoms with Crippen LogP contribution in [0.2, 0.25) is 0 Å². The topological polar surface area (TPSA) is 69.7 Å². The molecule has 0 bridgehead atoms. The minimum Gasteiger partial charge on any atom is -0.472 e. The number of hydrogen-bond acceptors (Lipinski definition) is 6. The lowest BCUT2D eigenvalue weighted by molar-refractivity contribution is -0.139. The van der Waals surface area contributed by atoms with E-state index in [0.29, 0.717) is 16.8 Å². The highest BCUT2D eigenvalue weighted by Gasteiger charge is 2.35. The standard InChI is InChI=1S/C18H14F3N3O3/c1-25-24-15(17-23-9-10-26-17)13-6-3-2-5-12(13)11-27-16-14(18(19,20)21)7-4-8-22-16/h2-10H,11H2,1H3/b24-15+. The lowest BCUT2D eigenvalue weighted by Crippen LogP contribution is -2.12. The van der Waals surface area contributed by atoms with Crippen LogP contribution in [0.4, 0.5) is 13.2 Å². The zero-order chi connectivity index (χ0) is 19.3. The third-order valence-corrected chi connectivity index (χ3v) is 3.53. The summed E-state index contributed by atoms with van der Waals surface area (Å²) in [6, 6.07) is 9.00. The molecule has 0 amide bonds. The number of pyridine rings is 1. The molecule has 0 spiro atoms. The van der Waals surface area contributed by atoms with Crippen molar-refractivity contribution < 1.29 is 27.2 Å². The zero-order valence-corrected chi connectivity index (χ0v) is 14.1. The number of ether oxygens (including phenoxy) is 1. The number of nitrogens with zero attached hydrogens (tertiary/aromatic N) is 3. The van der Waals surface area contributed by atoms with E-state index in [4.69, 9.17) is 14.0 Å². The van der Waals surface area contributed by atoms with Crippen molar-refractivity contribution in [1.29, 1.82) is 0 Å². The van der Waals surface area contributed by atoms with Crippen LogP contribution in [0.25, 0.3) is 0 Å². The number of aromatic nitrogens is 2. The first-order chi connectivity index (χ1) is 13.0. The summed E-state index contributed by atoms with van der Waals surface area (Å²) in [5.74, 6) is -0.292. The highest BCUT2D eigenvalue weighted by atomic mass is 19.4. The van der Waals surface area contributed by atoms with Gasteiger partial charge in [0, 0.05) is 11.8 Å². The summed E-state index contributed by atoms with van der Waals surface area (Å²) >= 11 is 0. The second-order valence-electron chi connectivity index (χ2n) is 5.26. The quantitative estimate of drug-likeness (QED) is 0.479. The van der Waals surface area contributed by atoms with Gasteiger partial charge in [-0.2, -0.15) is 13.2 Å². The maximum atomic E-state index is 13.1. The Morgan fingerprint density at radius 1 is 1.11 bits per heavy atom. The highest BCUT2D eigenvalue weighted by Crippen LogP contribution is 2.35. The molecule has 0 atom stereocenters.